The molecular formula is C21H23N5O. The summed E-state index contributed by atoms with van der Waals surface area (Å²) in [5, 5.41) is 6.34. The lowest BCUT2D eigenvalue weighted by molar-refractivity contribution is -0.115. The summed E-state index contributed by atoms with van der Waals surface area (Å²) in [7, 11) is 1.71. The van der Waals surface area contributed by atoms with Crippen molar-refractivity contribution in [2.45, 2.75) is 27.2 Å². The lowest BCUT2D eigenvalue weighted by atomic mass is 10.0. The second-order valence-electron chi connectivity index (χ2n) is 6.64. The molecule has 6 heteroatoms. The molecule has 3 rings (SSSR count). The number of nitrogens with one attached hydrogen (secondary N) is 2. The Bertz CT molecular complexity index is 1040. The number of fused-ring (bicyclic) bond motifs is 1. The Morgan fingerprint density at radius 2 is 1.81 bits per heavy atom. The summed E-state index contributed by atoms with van der Waals surface area (Å²) in [6.45, 7) is 5.78. The van der Waals surface area contributed by atoms with E-state index >= 15 is 0 Å². The van der Waals surface area contributed by atoms with Crippen LogP contribution in [0, 0.1) is 19.4 Å². The number of rotatable bonds is 6. The van der Waals surface area contributed by atoms with E-state index in [1.54, 1.807) is 14.0 Å². The van der Waals surface area contributed by atoms with Gasteiger partial charge in [-0.2, -0.15) is 5.11 Å². The third-order valence-corrected chi connectivity index (χ3v) is 4.62. The maximum absolute atomic E-state index is 12.9. The fraction of sp³-hybridized carbons (Fsp3) is 0.238. The average molecular weight is 361 g/mol. The molecule has 0 aliphatic heterocycles. The van der Waals surface area contributed by atoms with Crippen molar-refractivity contribution in [3.8, 4) is 11.3 Å². The molecule has 0 saturated carbocycles. The first kappa shape index (κ1) is 18.5. The molecule has 0 aliphatic rings. The molecule has 0 amide bonds. The molecule has 27 heavy (non-hydrogen) atoms. The molecule has 2 heterocycles. The lowest BCUT2D eigenvalue weighted by Gasteiger charge is -2.08. The quantitative estimate of drug-likeness (QED) is 0.509. The molecule has 0 saturated heterocycles. The molecule has 0 bridgehead atoms. The summed E-state index contributed by atoms with van der Waals surface area (Å²) in [5.74, 6) is -0.214. The Morgan fingerprint density at radius 3 is 2.44 bits per heavy atom. The highest BCUT2D eigenvalue weighted by molar-refractivity contribution is 5.97. The molecule has 0 aliphatic carbocycles. The fourth-order valence-electron chi connectivity index (χ4n) is 3.02. The Kier molecular flexibility index (Phi) is 5.16. The van der Waals surface area contributed by atoms with Crippen LogP contribution < -0.4 is 5.32 Å². The number of allylic oxidation sites excluding steroid dienone is 2. The standard InChI is InChI=1S/C21H23N5O/c1-13-5-8-16(9-6-13)21-17(11-18(27)20(25-22)15(3)23-4)26-12-14(2)7-10-19(26)24-21/h5-10,12,22-23H,11H2,1-4H3/b20-15-,25-22?. The summed E-state index contributed by atoms with van der Waals surface area (Å²) in [6, 6.07) is 12.1. The molecule has 138 valence electrons. The number of pyridine rings is 1. The third-order valence-electron chi connectivity index (χ3n) is 4.62. The molecule has 2 N–H and O–H groups in total. The summed E-state index contributed by atoms with van der Waals surface area (Å²) < 4.78 is 1.96. The third kappa shape index (κ3) is 3.65. The number of Topliss-reactive ketones (excluding diaryl/α,β-unsaturated/α-hetero) is 1. The van der Waals surface area contributed by atoms with Crippen molar-refractivity contribution in [1.29, 1.82) is 5.53 Å². The first-order valence-electron chi connectivity index (χ1n) is 8.78. The maximum Gasteiger partial charge on any atom is 0.190 e. The normalized spacial score (nSPS) is 12.0. The molecule has 2 aromatic heterocycles. The van der Waals surface area contributed by atoms with Crippen LogP contribution in [0.15, 0.2) is 59.1 Å². The van der Waals surface area contributed by atoms with Crippen LogP contribution in [0.4, 0.5) is 0 Å². The van der Waals surface area contributed by atoms with Gasteiger partial charge in [-0.3, -0.25) is 4.79 Å². The van der Waals surface area contributed by atoms with E-state index in [4.69, 9.17) is 10.5 Å². The molecule has 1 aromatic carbocycles. The molecule has 0 fully saturated rings. The molecule has 0 unspecified atom stereocenters. The minimum atomic E-state index is -0.214. The molecule has 0 radical (unpaired) electrons. The number of imidazole rings is 1. The van der Waals surface area contributed by atoms with Crippen LogP contribution in [0.3, 0.4) is 0 Å². The molecule has 6 nitrogen and oxygen atoms in total. The lowest BCUT2D eigenvalue weighted by Crippen LogP contribution is -2.14. The summed E-state index contributed by atoms with van der Waals surface area (Å²) >= 11 is 0. The van der Waals surface area contributed by atoms with E-state index in [1.807, 2.05) is 60.8 Å². The van der Waals surface area contributed by atoms with Crippen molar-refractivity contribution in [2.75, 3.05) is 7.05 Å². The van der Waals surface area contributed by atoms with Crippen molar-refractivity contribution in [3.05, 3.63) is 70.8 Å². The number of carbonyl (C=O) groups excluding carboxylic acids is 1. The second-order valence-corrected chi connectivity index (χ2v) is 6.64. The number of hydrogen-bond donors (Lipinski definition) is 2. The van der Waals surface area contributed by atoms with Gasteiger partial charge in [-0.25, -0.2) is 10.5 Å². The number of carbonyl (C=O) groups is 1. The summed E-state index contributed by atoms with van der Waals surface area (Å²) in [4.78, 5) is 17.6. The van der Waals surface area contributed by atoms with Crippen LogP contribution in [0.25, 0.3) is 16.9 Å². The van der Waals surface area contributed by atoms with Crippen LogP contribution in [0.1, 0.15) is 23.7 Å². The second kappa shape index (κ2) is 7.53. The van der Waals surface area contributed by atoms with Crippen molar-refractivity contribution in [1.82, 2.24) is 14.7 Å². The van der Waals surface area contributed by atoms with E-state index < -0.39 is 0 Å². The van der Waals surface area contributed by atoms with E-state index in [9.17, 15) is 4.79 Å². The van der Waals surface area contributed by atoms with Crippen molar-refractivity contribution >= 4 is 11.4 Å². The van der Waals surface area contributed by atoms with E-state index in [2.05, 4.69) is 10.4 Å². The monoisotopic (exact) mass is 361 g/mol. The van der Waals surface area contributed by atoms with Crippen LogP contribution in [-0.4, -0.2) is 22.2 Å². The van der Waals surface area contributed by atoms with E-state index in [0.717, 1.165) is 28.2 Å². The Hall–Kier alpha value is -3.28. The summed E-state index contributed by atoms with van der Waals surface area (Å²) in [5.41, 5.74) is 13.7. The fourth-order valence-corrected chi connectivity index (χ4v) is 3.02. The Balaban J connectivity index is 2.16. The van der Waals surface area contributed by atoms with Crippen LogP contribution in [-0.2, 0) is 11.2 Å². The molecule has 3 aromatic rings. The van der Waals surface area contributed by atoms with Gasteiger partial charge in [0.25, 0.3) is 0 Å². The maximum atomic E-state index is 12.9. The highest BCUT2D eigenvalue weighted by Crippen LogP contribution is 2.27. The number of ketones is 1. The minimum Gasteiger partial charge on any atom is -0.390 e. The molecule has 0 spiro atoms. The largest absolute Gasteiger partial charge is 0.390 e. The van der Waals surface area contributed by atoms with Gasteiger partial charge in [-0.05, 0) is 32.4 Å². The predicted octanol–water partition coefficient (Wildman–Crippen LogP) is 4.21. The van der Waals surface area contributed by atoms with Gasteiger partial charge in [-0.15, -0.1) is 0 Å². The van der Waals surface area contributed by atoms with Gasteiger partial charge in [-0.1, -0.05) is 35.9 Å². The van der Waals surface area contributed by atoms with E-state index in [0.29, 0.717) is 5.70 Å². The zero-order valence-corrected chi connectivity index (χ0v) is 16.0. The zero-order chi connectivity index (χ0) is 19.6. The number of hydrogen-bond acceptors (Lipinski definition) is 5. The van der Waals surface area contributed by atoms with Gasteiger partial charge in [0.1, 0.15) is 11.3 Å². The van der Waals surface area contributed by atoms with Gasteiger partial charge < -0.3 is 9.72 Å². The number of nitrogens with zero attached hydrogens (tertiary/aromatic N) is 3. The minimum absolute atomic E-state index is 0.116. The number of aryl methyl sites for hydroxylation is 2. The smallest absolute Gasteiger partial charge is 0.190 e. The predicted molar refractivity (Wildman–Crippen MR) is 106 cm³/mol. The van der Waals surface area contributed by atoms with Crippen LogP contribution >= 0.6 is 0 Å². The van der Waals surface area contributed by atoms with Crippen molar-refractivity contribution < 1.29 is 4.79 Å². The highest BCUT2D eigenvalue weighted by Gasteiger charge is 2.20. The van der Waals surface area contributed by atoms with Gasteiger partial charge >= 0.3 is 0 Å². The SMILES string of the molecule is CN/C(C)=C(\N=N)C(=O)Cc1c(-c2ccc(C)cc2)nc2ccc(C)cn12. The number of benzene rings is 1. The van der Waals surface area contributed by atoms with E-state index in [1.165, 1.54) is 5.56 Å². The highest BCUT2D eigenvalue weighted by atomic mass is 16.1. The topological polar surface area (TPSA) is 82.6 Å². The summed E-state index contributed by atoms with van der Waals surface area (Å²) in [6.07, 6.45) is 2.10. The Labute approximate surface area is 158 Å². The molecular weight excluding hydrogens is 338 g/mol. The average Bonchev–Trinajstić information content (AvgIpc) is 3.00. The van der Waals surface area contributed by atoms with Crippen molar-refractivity contribution in [3.63, 3.8) is 0 Å². The van der Waals surface area contributed by atoms with Gasteiger partial charge in [0.05, 0.1) is 17.8 Å². The van der Waals surface area contributed by atoms with Crippen molar-refractivity contribution in [2.24, 2.45) is 5.11 Å². The van der Waals surface area contributed by atoms with E-state index in [-0.39, 0.29) is 17.9 Å². The van der Waals surface area contributed by atoms with Gasteiger partial charge in [0.15, 0.2) is 5.78 Å². The first-order valence-corrected chi connectivity index (χ1v) is 8.78. The van der Waals surface area contributed by atoms with Crippen LogP contribution in [0.2, 0.25) is 0 Å². The van der Waals surface area contributed by atoms with Gasteiger partial charge in [0.2, 0.25) is 0 Å². The van der Waals surface area contributed by atoms with Crippen LogP contribution in [0.5, 0.6) is 0 Å². The Morgan fingerprint density at radius 1 is 1.15 bits per heavy atom. The zero-order valence-electron chi connectivity index (χ0n) is 16.0. The number of aromatic nitrogens is 2. The van der Waals surface area contributed by atoms with Gasteiger partial charge in [0, 0.05) is 24.5 Å². The molecule has 0 atom stereocenters. The first-order chi connectivity index (χ1) is 12.9.